The molecule has 1 rings (SSSR count). The SMILES string of the molecule is COc1cccc(OC)c1C(=O)NCCC(N)=O. The van der Waals surface area contributed by atoms with Gasteiger partial charge in [-0.1, -0.05) is 6.07 Å². The first-order valence-electron chi connectivity index (χ1n) is 5.37. The monoisotopic (exact) mass is 252 g/mol. The summed E-state index contributed by atoms with van der Waals surface area (Å²) >= 11 is 0. The maximum atomic E-state index is 12.0. The molecule has 0 atom stereocenters. The minimum atomic E-state index is -0.470. The lowest BCUT2D eigenvalue weighted by Crippen LogP contribution is -2.28. The first-order chi connectivity index (χ1) is 8.60. The van der Waals surface area contributed by atoms with E-state index in [1.165, 1.54) is 14.2 Å². The Morgan fingerprint density at radius 3 is 2.22 bits per heavy atom. The highest BCUT2D eigenvalue weighted by Gasteiger charge is 2.17. The summed E-state index contributed by atoms with van der Waals surface area (Å²) in [5.74, 6) is -0.0234. The van der Waals surface area contributed by atoms with Gasteiger partial charge in [0, 0.05) is 13.0 Å². The number of hydrogen-bond donors (Lipinski definition) is 2. The predicted octanol–water partition coefficient (Wildman–Crippen LogP) is 0.309. The molecule has 0 spiro atoms. The van der Waals surface area contributed by atoms with Crippen LogP contribution in [-0.2, 0) is 4.79 Å². The van der Waals surface area contributed by atoms with Gasteiger partial charge in [0.25, 0.3) is 5.91 Å². The normalized spacial score (nSPS) is 9.67. The summed E-state index contributed by atoms with van der Waals surface area (Å²) < 4.78 is 10.2. The summed E-state index contributed by atoms with van der Waals surface area (Å²) in [5, 5.41) is 2.58. The zero-order valence-electron chi connectivity index (χ0n) is 10.4. The molecule has 6 heteroatoms. The molecule has 18 heavy (non-hydrogen) atoms. The van der Waals surface area contributed by atoms with E-state index in [2.05, 4.69) is 5.32 Å². The Labute approximate surface area is 105 Å². The van der Waals surface area contributed by atoms with Crippen LogP contribution in [-0.4, -0.2) is 32.6 Å². The second kappa shape index (κ2) is 6.48. The van der Waals surface area contributed by atoms with Gasteiger partial charge in [-0.2, -0.15) is 0 Å². The van der Waals surface area contributed by atoms with Crippen molar-refractivity contribution < 1.29 is 19.1 Å². The molecule has 1 aromatic rings. The highest BCUT2D eigenvalue weighted by molar-refractivity contribution is 5.99. The predicted molar refractivity (Wildman–Crippen MR) is 65.7 cm³/mol. The quantitative estimate of drug-likeness (QED) is 0.762. The third-order valence-corrected chi connectivity index (χ3v) is 2.31. The summed E-state index contributed by atoms with van der Waals surface area (Å²) in [6.07, 6.45) is 0.0865. The van der Waals surface area contributed by atoms with Crippen LogP contribution >= 0.6 is 0 Å². The zero-order chi connectivity index (χ0) is 13.5. The molecule has 0 heterocycles. The van der Waals surface area contributed by atoms with Gasteiger partial charge < -0.3 is 20.5 Å². The molecular weight excluding hydrogens is 236 g/mol. The van der Waals surface area contributed by atoms with Gasteiger partial charge in [0.2, 0.25) is 5.91 Å². The van der Waals surface area contributed by atoms with Crippen LogP contribution in [0.4, 0.5) is 0 Å². The van der Waals surface area contributed by atoms with E-state index in [9.17, 15) is 9.59 Å². The highest BCUT2D eigenvalue weighted by atomic mass is 16.5. The average Bonchev–Trinajstić information content (AvgIpc) is 2.36. The summed E-state index contributed by atoms with van der Waals surface area (Å²) in [6.45, 7) is 0.176. The topological polar surface area (TPSA) is 90.7 Å². The maximum Gasteiger partial charge on any atom is 0.258 e. The van der Waals surface area contributed by atoms with Crippen molar-refractivity contribution in [3.8, 4) is 11.5 Å². The van der Waals surface area contributed by atoms with Crippen LogP contribution in [0.15, 0.2) is 18.2 Å². The van der Waals surface area contributed by atoms with E-state index < -0.39 is 5.91 Å². The fourth-order valence-electron chi connectivity index (χ4n) is 1.46. The zero-order valence-corrected chi connectivity index (χ0v) is 10.4. The number of amides is 2. The van der Waals surface area contributed by atoms with Crippen molar-refractivity contribution in [2.45, 2.75) is 6.42 Å². The van der Waals surface area contributed by atoms with Crippen LogP contribution in [0.5, 0.6) is 11.5 Å². The maximum absolute atomic E-state index is 12.0. The molecule has 2 amide bonds. The first-order valence-corrected chi connectivity index (χ1v) is 5.37. The molecule has 0 aliphatic carbocycles. The van der Waals surface area contributed by atoms with Gasteiger partial charge in [-0.05, 0) is 12.1 Å². The minimum absolute atomic E-state index is 0.0865. The number of primary amides is 1. The van der Waals surface area contributed by atoms with Crippen LogP contribution in [0.2, 0.25) is 0 Å². The number of rotatable bonds is 6. The Bertz CT molecular complexity index is 423. The Balaban J connectivity index is 2.86. The molecule has 0 aromatic heterocycles. The standard InChI is InChI=1S/C12H16N2O4/c1-17-8-4-3-5-9(18-2)11(8)12(16)14-7-6-10(13)15/h3-5H,6-7H2,1-2H3,(H2,13,15)(H,14,16). The van der Waals surface area contributed by atoms with Crippen LogP contribution in [0.1, 0.15) is 16.8 Å². The molecule has 3 N–H and O–H groups in total. The van der Waals surface area contributed by atoms with Crippen molar-refractivity contribution in [3.05, 3.63) is 23.8 Å². The van der Waals surface area contributed by atoms with Crippen molar-refractivity contribution in [1.82, 2.24) is 5.32 Å². The molecule has 0 saturated heterocycles. The van der Waals surface area contributed by atoms with Gasteiger partial charge >= 0.3 is 0 Å². The molecule has 1 aromatic carbocycles. The van der Waals surface area contributed by atoms with Crippen LogP contribution in [0.25, 0.3) is 0 Å². The van der Waals surface area contributed by atoms with E-state index in [0.29, 0.717) is 17.1 Å². The Kier molecular flexibility index (Phi) is 4.98. The van der Waals surface area contributed by atoms with Crippen molar-refractivity contribution in [2.24, 2.45) is 5.73 Å². The molecule has 0 aliphatic heterocycles. The molecule has 0 unspecified atom stereocenters. The van der Waals surface area contributed by atoms with E-state index >= 15 is 0 Å². The molecule has 0 bridgehead atoms. The summed E-state index contributed by atoms with van der Waals surface area (Å²) in [6, 6.07) is 5.04. The average molecular weight is 252 g/mol. The van der Waals surface area contributed by atoms with Crippen molar-refractivity contribution in [1.29, 1.82) is 0 Å². The second-order valence-corrected chi connectivity index (χ2v) is 3.51. The molecular formula is C12H16N2O4. The van der Waals surface area contributed by atoms with Gasteiger partial charge in [-0.3, -0.25) is 9.59 Å². The smallest absolute Gasteiger partial charge is 0.258 e. The number of carbonyl (C=O) groups is 2. The molecule has 0 aliphatic rings. The molecule has 6 nitrogen and oxygen atoms in total. The molecule has 0 saturated carbocycles. The fourth-order valence-corrected chi connectivity index (χ4v) is 1.46. The number of carbonyl (C=O) groups excluding carboxylic acids is 2. The number of nitrogens with one attached hydrogen (secondary N) is 1. The van der Waals surface area contributed by atoms with Gasteiger partial charge in [0.15, 0.2) is 0 Å². The third kappa shape index (κ3) is 3.38. The Morgan fingerprint density at radius 1 is 1.22 bits per heavy atom. The molecule has 0 fully saturated rings. The number of methoxy groups -OCH3 is 2. The van der Waals surface area contributed by atoms with Gasteiger partial charge in [-0.15, -0.1) is 0 Å². The number of hydrogen-bond acceptors (Lipinski definition) is 4. The lowest BCUT2D eigenvalue weighted by Gasteiger charge is -2.12. The van der Waals surface area contributed by atoms with Crippen LogP contribution in [0, 0.1) is 0 Å². The van der Waals surface area contributed by atoms with Crippen LogP contribution in [0.3, 0.4) is 0 Å². The van der Waals surface area contributed by atoms with Gasteiger partial charge in [0.1, 0.15) is 17.1 Å². The van der Waals surface area contributed by atoms with E-state index in [-0.39, 0.29) is 18.9 Å². The lowest BCUT2D eigenvalue weighted by atomic mass is 10.1. The summed E-state index contributed by atoms with van der Waals surface area (Å²) in [5.41, 5.74) is 5.29. The van der Waals surface area contributed by atoms with Gasteiger partial charge in [0.05, 0.1) is 14.2 Å². The summed E-state index contributed by atoms with van der Waals surface area (Å²) in [4.78, 5) is 22.5. The van der Waals surface area contributed by atoms with Crippen molar-refractivity contribution in [2.75, 3.05) is 20.8 Å². The van der Waals surface area contributed by atoms with E-state index in [4.69, 9.17) is 15.2 Å². The Morgan fingerprint density at radius 2 is 1.78 bits per heavy atom. The number of ether oxygens (including phenoxy) is 2. The number of nitrogens with two attached hydrogens (primary N) is 1. The van der Waals surface area contributed by atoms with Crippen molar-refractivity contribution >= 4 is 11.8 Å². The third-order valence-electron chi connectivity index (χ3n) is 2.31. The van der Waals surface area contributed by atoms with E-state index in [0.717, 1.165) is 0 Å². The molecule has 0 radical (unpaired) electrons. The highest BCUT2D eigenvalue weighted by Crippen LogP contribution is 2.27. The van der Waals surface area contributed by atoms with Gasteiger partial charge in [-0.25, -0.2) is 0 Å². The summed E-state index contributed by atoms with van der Waals surface area (Å²) in [7, 11) is 2.93. The van der Waals surface area contributed by atoms with E-state index in [1.54, 1.807) is 18.2 Å². The largest absolute Gasteiger partial charge is 0.496 e. The lowest BCUT2D eigenvalue weighted by molar-refractivity contribution is -0.117. The van der Waals surface area contributed by atoms with E-state index in [1.807, 2.05) is 0 Å². The first kappa shape index (κ1) is 13.8. The minimum Gasteiger partial charge on any atom is -0.496 e. The second-order valence-electron chi connectivity index (χ2n) is 3.51. The van der Waals surface area contributed by atoms with Crippen molar-refractivity contribution in [3.63, 3.8) is 0 Å². The number of benzene rings is 1. The van der Waals surface area contributed by atoms with Crippen LogP contribution < -0.4 is 20.5 Å². The molecule has 98 valence electrons. The Hall–Kier alpha value is -2.24. The fraction of sp³-hybridized carbons (Fsp3) is 0.333.